The van der Waals surface area contributed by atoms with E-state index in [2.05, 4.69) is 53.5 Å². The van der Waals surface area contributed by atoms with Crippen molar-refractivity contribution >= 4 is 40.1 Å². The predicted molar refractivity (Wildman–Crippen MR) is 167 cm³/mol. The van der Waals surface area contributed by atoms with Crippen LogP contribution < -0.4 is 4.74 Å². The Kier molecular flexibility index (Phi) is 13.2. The Balaban J connectivity index is 1.60. The summed E-state index contributed by atoms with van der Waals surface area (Å²) in [6.45, 7) is 4.24. The largest absolute Gasteiger partial charge is 0.508 e. The van der Waals surface area contributed by atoms with Crippen LogP contribution in [0.2, 0.25) is 0 Å². The van der Waals surface area contributed by atoms with Gasteiger partial charge in [-0.05, 0) is 73.5 Å². The molecule has 0 fully saturated rings. The quantitative estimate of drug-likeness (QED) is 0.161. The van der Waals surface area contributed by atoms with Crippen LogP contribution in [0.25, 0.3) is 0 Å². The van der Waals surface area contributed by atoms with Gasteiger partial charge in [0.05, 0.1) is 25.6 Å². The number of phenols is 1. The molecule has 2 aromatic rings. The Morgan fingerprint density at radius 1 is 0.974 bits per heavy atom. The summed E-state index contributed by atoms with van der Waals surface area (Å²) in [5, 5.41) is 14.0. The molecule has 0 aliphatic carbocycles. The zero-order valence-electron chi connectivity index (χ0n) is 23.9. The smallest absolute Gasteiger partial charge is 0.185 e. The second-order valence-electron chi connectivity index (χ2n) is 9.05. The molecular formula is C26H42N3O6P3S. The highest BCUT2D eigenvalue weighted by atomic mass is 32.6. The second-order valence-corrected chi connectivity index (χ2v) is 19.1. The highest BCUT2D eigenvalue weighted by Crippen LogP contribution is 2.61. The van der Waals surface area contributed by atoms with Gasteiger partial charge in [0.2, 0.25) is 0 Å². The number of hydrogen-bond acceptors (Lipinski definition) is 9. The third kappa shape index (κ3) is 9.49. The highest BCUT2D eigenvalue weighted by Gasteiger charge is 2.43. The maximum atomic E-state index is 9.50. The normalized spacial score (nSPS) is 18.9. The lowest BCUT2D eigenvalue weighted by atomic mass is 10.1. The van der Waals surface area contributed by atoms with Crippen molar-refractivity contribution in [1.82, 2.24) is 9.08 Å². The van der Waals surface area contributed by atoms with Gasteiger partial charge in [0.25, 0.3) is 0 Å². The fourth-order valence-corrected chi connectivity index (χ4v) is 13.7. The monoisotopic (exact) mass is 617 g/mol. The molecule has 0 amide bonds. The van der Waals surface area contributed by atoms with Gasteiger partial charge in [-0.2, -0.15) is 5.10 Å². The van der Waals surface area contributed by atoms with E-state index < -0.39 is 23.6 Å². The van der Waals surface area contributed by atoms with Gasteiger partial charge in [-0.15, -0.1) is 0 Å². The Morgan fingerprint density at radius 3 is 2.05 bits per heavy atom. The van der Waals surface area contributed by atoms with Crippen LogP contribution in [-0.4, -0.2) is 79.6 Å². The molecule has 1 N–H and O–H groups in total. The lowest BCUT2D eigenvalue weighted by Gasteiger charge is -2.28. The molecular weight excluding hydrogens is 575 g/mol. The first-order valence-corrected chi connectivity index (χ1v) is 19.1. The van der Waals surface area contributed by atoms with Crippen molar-refractivity contribution in [3.63, 3.8) is 0 Å². The molecule has 13 heteroatoms. The maximum absolute atomic E-state index is 9.50. The number of aromatic hydroxyl groups is 1. The Bertz CT molecular complexity index is 1090. The first-order valence-electron chi connectivity index (χ1n) is 12.6. The van der Waals surface area contributed by atoms with E-state index in [9.17, 15) is 5.11 Å². The molecule has 2 aromatic carbocycles. The molecule has 0 spiro atoms. The minimum atomic E-state index is -0.986. The van der Waals surface area contributed by atoms with Crippen molar-refractivity contribution in [3.8, 4) is 11.5 Å². The number of hydrazone groups is 1. The number of rotatable bonds is 17. The molecule has 1 aliphatic rings. The number of benzene rings is 2. The third-order valence-corrected chi connectivity index (χ3v) is 16.9. The van der Waals surface area contributed by atoms with Crippen LogP contribution >= 0.6 is 23.6 Å². The Labute approximate surface area is 238 Å². The zero-order valence-corrected chi connectivity index (χ0v) is 27.5. The van der Waals surface area contributed by atoms with E-state index in [0.717, 1.165) is 30.7 Å². The van der Waals surface area contributed by atoms with Gasteiger partial charge in [-0.1, -0.05) is 29.3 Å². The fraction of sp³-hybridized carbons (Fsp3) is 0.500. The van der Waals surface area contributed by atoms with E-state index >= 15 is 0 Å². The first kappa shape index (κ1) is 32.5. The van der Waals surface area contributed by atoms with Gasteiger partial charge in [-0.3, -0.25) is 4.90 Å². The van der Waals surface area contributed by atoms with E-state index in [1.807, 2.05) is 18.3 Å². The summed E-state index contributed by atoms with van der Waals surface area (Å²) in [7, 11) is 4.84. The molecule has 0 saturated carbocycles. The average Bonchev–Trinajstić information content (AvgIpc) is 3.62. The van der Waals surface area contributed by atoms with Crippen LogP contribution in [0.15, 0.2) is 53.6 Å². The SMILES string of the molecule is CCC(C)(Oc1ccc(CCN(CP(OC)OC)CP(OC)OC)cc1)[PH]1=S(C)N1N=Cc1ccc(O)cc1. The number of nitrogens with zero attached hydrogens (tertiary/aromatic N) is 3. The minimum absolute atomic E-state index is 0.0853. The molecule has 218 valence electrons. The molecule has 3 atom stereocenters. The maximum Gasteiger partial charge on any atom is 0.185 e. The molecule has 0 saturated heterocycles. The first-order chi connectivity index (χ1) is 18.8. The topological polar surface area (TPSA) is 85.0 Å². The standard InChI is InChI=1S/C26H42N3O6P3S/c1-8-26(2,38-29(39(38)7)27-19-23-9-13-24(30)14-10-23)35-25-15-11-22(12-16-25)17-18-28(20-36(31-3)32-4)21-37(33-5)34-6/h9-16,19,30,38H,8,17-18,20-21H2,1-7H3. The van der Waals surface area contributed by atoms with Crippen LogP contribution in [0.1, 0.15) is 31.4 Å². The Morgan fingerprint density at radius 2 is 1.54 bits per heavy atom. The summed E-state index contributed by atoms with van der Waals surface area (Å²) in [4.78, 5) is 2.28. The second kappa shape index (κ2) is 15.8. The number of hydrogen-bond donors (Lipinski definition) is 1. The van der Waals surface area contributed by atoms with Crippen LogP contribution in [-0.2, 0) is 34.8 Å². The summed E-state index contributed by atoms with van der Waals surface area (Å²) in [6, 6.07) is 15.5. The summed E-state index contributed by atoms with van der Waals surface area (Å²) >= 11 is 0. The van der Waals surface area contributed by atoms with Crippen LogP contribution in [0.3, 0.4) is 0 Å². The van der Waals surface area contributed by atoms with Crippen LogP contribution in [0, 0.1) is 0 Å². The summed E-state index contributed by atoms with van der Waals surface area (Å²) in [5.74, 6) is 1.14. The van der Waals surface area contributed by atoms with Crippen molar-refractivity contribution in [2.45, 2.75) is 32.0 Å². The molecule has 3 rings (SSSR count). The molecule has 0 radical (unpaired) electrons. The van der Waals surface area contributed by atoms with Gasteiger partial charge >= 0.3 is 0 Å². The molecule has 39 heavy (non-hydrogen) atoms. The average molecular weight is 618 g/mol. The van der Waals surface area contributed by atoms with Crippen LogP contribution in [0.5, 0.6) is 11.5 Å². The van der Waals surface area contributed by atoms with Gasteiger partial charge in [-0.25, -0.2) is 4.18 Å². The van der Waals surface area contributed by atoms with E-state index in [4.69, 9.17) is 27.9 Å². The summed E-state index contributed by atoms with van der Waals surface area (Å²) in [6.07, 6.45) is 7.28. The van der Waals surface area contributed by atoms with Crippen molar-refractivity contribution in [2.24, 2.45) is 5.10 Å². The van der Waals surface area contributed by atoms with Crippen molar-refractivity contribution in [1.29, 1.82) is 0 Å². The zero-order chi connectivity index (χ0) is 28.4. The van der Waals surface area contributed by atoms with Crippen LogP contribution in [0.4, 0.5) is 0 Å². The van der Waals surface area contributed by atoms with Gasteiger partial charge in [0, 0.05) is 35.0 Å². The minimum Gasteiger partial charge on any atom is -0.508 e. The van der Waals surface area contributed by atoms with Crippen molar-refractivity contribution in [2.75, 3.05) is 53.8 Å². The molecule has 1 heterocycles. The lowest BCUT2D eigenvalue weighted by molar-refractivity contribution is 0.175. The van der Waals surface area contributed by atoms with Gasteiger partial charge in [0.1, 0.15) is 16.8 Å². The fourth-order valence-electron chi connectivity index (χ4n) is 3.93. The molecule has 9 nitrogen and oxygen atoms in total. The lowest BCUT2D eigenvalue weighted by Crippen LogP contribution is -2.28. The Hall–Kier alpha value is -1.05. The van der Waals surface area contributed by atoms with E-state index in [0.29, 0.717) is 12.6 Å². The predicted octanol–water partition coefficient (Wildman–Crippen LogP) is 6.42. The van der Waals surface area contributed by atoms with E-state index in [1.165, 1.54) is 5.56 Å². The summed E-state index contributed by atoms with van der Waals surface area (Å²) in [5.41, 5.74) is 2.20. The molecule has 0 aromatic heterocycles. The van der Waals surface area contributed by atoms with Crippen molar-refractivity contribution < 1.29 is 27.9 Å². The van der Waals surface area contributed by atoms with Gasteiger partial charge in [0.15, 0.2) is 16.8 Å². The van der Waals surface area contributed by atoms with Crippen molar-refractivity contribution in [3.05, 3.63) is 59.7 Å². The number of phenolic OH excluding ortho intramolecular Hbond substituents is 1. The van der Waals surface area contributed by atoms with E-state index in [1.54, 1.807) is 40.6 Å². The highest BCUT2D eigenvalue weighted by molar-refractivity contribution is 8.38. The third-order valence-electron chi connectivity index (χ3n) is 6.44. The summed E-state index contributed by atoms with van der Waals surface area (Å²) < 4.78 is 30.7. The molecule has 0 bridgehead atoms. The van der Waals surface area contributed by atoms with E-state index in [-0.39, 0.29) is 21.4 Å². The number of ether oxygens (including phenoxy) is 1. The molecule has 3 unspecified atom stereocenters. The molecule has 1 aliphatic heterocycles. The van der Waals surface area contributed by atoms with Gasteiger partial charge < -0.3 is 27.9 Å².